The Hall–Kier alpha value is -2.61. The van der Waals surface area contributed by atoms with E-state index in [-0.39, 0.29) is 16.5 Å². The molecule has 3 rings (SSSR count). The molecular weight excluding hydrogens is 347 g/mol. The van der Waals surface area contributed by atoms with E-state index >= 15 is 0 Å². The zero-order valence-corrected chi connectivity index (χ0v) is 14.3. The summed E-state index contributed by atoms with van der Waals surface area (Å²) in [6.45, 7) is 0.510. The van der Waals surface area contributed by atoms with Crippen LogP contribution in [0.1, 0.15) is 12.8 Å². The molecule has 0 saturated carbocycles. The van der Waals surface area contributed by atoms with Crippen LogP contribution in [0.2, 0.25) is 0 Å². The topological polar surface area (TPSA) is 75.7 Å². The number of benzene rings is 2. The average Bonchev–Trinajstić information content (AvgIpc) is 2.99. The number of hydrogen-bond donors (Lipinski definition) is 1. The van der Waals surface area contributed by atoms with Gasteiger partial charge in [0.2, 0.25) is 5.91 Å². The van der Waals surface area contributed by atoms with E-state index in [1.165, 1.54) is 48.4 Å². The van der Waals surface area contributed by atoms with Crippen LogP contribution in [0.5, 0.6) is 5.75 Å². The third-order valence-corrected chi connectivity index (χ3v) is 5.28. The van der Waals surface area contributed by atoms with Crippen LogP contribution in [-0.2, 0) is 14.8 Å². The first-order valence-electron chi connectivity index (χ1n) is 7.67. The summed E-state index contributed by atoms with van der Waals surface area (Å²) in [5, 5.41) is 0. The van der Waals surface area contributed by atoms with E-state index in [1.54, 1.807) is 0 Å². The fraction of sp³-hybridized carbons (Fsp3) is 0.235. The third kappa shape index (κ3) is 3.58. The van der Waals surface area contributed by atoms with E-state index in [4.69, 9.17) is 4.74 Å². The molecule has 0 aromatic heterocycles. The summed E-state index contributed by atoms with van der Waals surface area (Å²) in [4.78, 5) is 13.5. The van der Waals surface area contributed by atoms with E-state index in [2.05, 4.69) is 4.72 Å². The molecule has 0 spiro atoms. The monoisotopic (exact) mass is 364 g/mol. The second-order valence-electron chi connectivity index (χ2n) is 5.60. The molecule has 0 bridgehead atoms. The van der Waals surface area contributed by atoms with E-state index < -0.39 is 15.8 Å². The Kier molecular flexibility index (Phi) is 4.63. The molecule has 1 heterocycles. The molecule has 1 N–H and O–H groups in total. The first-order valence-corrected chi connectivity index (χ1v) is 9.16. The van der Waals surface area contributed by atoms with Gasteiger partial charge in [0.15, 0.2) is 0 Å². The minimum Gasteiger partial charge on any atom is -0.495 e. The Morgan fingerprint density at radius 1 is 1.20 bits per heavy atom. The SMILES string of the molecule is COc1ccc(S(=O)(=O)Nc2cccc(F)c2)cc1N1CCCC1=O. The summed E-state index contributed by atoms with van der Waals surface area (Å²) in [6, 6.07) is 9.45. The van der Waals surface area contributed by atoms with Crippen LogP contribution < -0.4 is 14.4 Å². The number of methoxy groups -OCH3 is 1. The maximum absolute atomic E-state index is 13.3. The van der Waals surface area contributed by atoms with Crippen molar-refractivity contribution in [2.75, 3.05) is 23.3 Å². The minimum atomic E-state index is -3.93. The molecule has 2 aromatic carbocycles. The predicted molar refractivity (Wildman–Crippen MR) is 91.8 cm³/mol. The Labute approximate surface area is 145 Å². The summed E-state index contributed by atoms with van der Waals surface area (Å²) in [6.07, 6.45) is 1.13. The second-order valence-corrected chi connectivity index (χ2v) is 7.28. The van der Waals surface area contributed by atoms with Gasteiger partial charge in [-0.3, -0.25) is 9.52 Å². The van der Waals surface area contributed by atoms with Gasteiger partial charge in [-0.25, -0.2) is 12.8 Å². The molecule has 1 fully saturated rings. The van der Waals surface area contributed by atoms with Gasteiger partial charge in [-0.15, -0.1) is 0 Å². The maximum atomic E-state index is 13.3. The molecule has 1 amide bonds. The number of amides is 1. The van der Waals surface area contributed by atoms with Gasteiger partial charge in [-0.2, -0.15) is 0 Å². The summed E-state index contributed by atoms with van der Waals surface area (Å²) in [5.74, 6) is -0.204. The molecule has 132 valence electrons. The Morgan fingerprint density at radius 2 is 2.00 bits per heavy atom. The van der Waals surface area contributed by atoms with Gasteiger partial charge in [-0.1, -0.05) is 6.07 Å². The molecule has 0 aliphatic carbocycles. The van der Waals surface area contributed by atoms with Crippen LogP contribution in [-0.4, -0.2) is 28.0 Å². The van der Waals surface area contributed by atoms with Crippen molar-refractivity contribution in [3.05, 3.63) is 48.3 Å². The van der Waals surface area contributed by atoms with Gasteiger partial charge in [0.1, 0.15) is 11.6 Å². The fourth-order valence-corrected chi connectivity index (χ4v) is 3.79. The zero-order chi connectivity index (χ0) is 18.0. The molecule has 2 aromatic rings. The number of carbonyl (C=O) groups is 1. The molecule has 0 unspecified atom stereocenters. The van der Waals surface area contributed by atoms with Gasteiger partial charge in [-0.05, 0) is 42.8 Å². The predicted octanol–water partition coefficient (Wildman–Crippen LogP) is 2.76. The van der Waals surface area contributed by atoms with Crippen molar-refractivity contribution in [3.8, 4) is 5.75 Å². The number of nitrogens with zero attached hydrogens (tertiary/aromatic N) is 1. The Morgan fingerprint density at radius 3 is 2.64 bits per heavy atom. The summed E-state index contributed by atoms with van der Waals surface area (Å²) in [5.41, 5.74) is 0.529. The highest BCUT2D eigenvalue weighted by molar-refractivity contribution is 7.92. The number of nitrogens with one attached hydrogen (secondary N) is 1. The number of hydrogen-bond acceptors (Lipinski definition) is 4. The highest BCUT2D eigenvalue weighted by Crippen LogP contribution is 2.34. The molecule has 6 nitrogen and oxygen atoms in total. The molecule has 0 radical (unpaired) electrons. The van der Waals surface area contributed by atoms with Crippen LogP contribution in [0.15, 0.2) is 47.4 Å². The number of ether oxygens (including phenoxy) is 1. The molecule has 25 heavy (non-hydrogen) atoms. The van der Waals surface area contributed by atoms with Crippen LogP contribution in [0.3, 0.4) is 0 Å². The summed E-state index contributed by atoms with van der Waals surface area (Å²) >= 11 is 0. The number of carbonyl (C=O) groups excluding carboxylic acids is 1. The van der Waals surface area contributed by atoms with Crippen molar-refractivity contribution in [2.24, 2.45) is 0 Å². The van der Waals surface area contributed by atoms with E-state index in [1.807, 2.05) is 0 Å². The standard InChI is InChI=1S/C17H17FN2O4S/c1-24-16-8-7-14(11-15(16)20-9-3-6-17(20)21)25(22,23)19-13-5-2-4-12(18)10-13/h2,4-5,7-8,10-11,19H,3,6,9H2,1H3. The largest absolute Gasteiger partial charge is 0.495 e. The Balaban J connectivity index is 1.97. The fourth-order valence-electron chi connectivity index (χ4n) is 2.72. The number of rotatable bonds is 5. The lowest BCUT2D eigenvalue weighted by Crippen LogP contribution is -2.24. The smallest absolute Gasteiger partial charge is 0.261 e. The van der Waals surface area contributed by atoms with Crippen molar-refractivity contribution < 1.29 is 22.3 Å². The lowest BCUT2D eigenvalue weighted by molar-refractivity contribution is -0.117. The number of halogens is 1. The van der Waals surface area contributed by atoms with Crippen molar-refractivity contribution in [3.63, 3.8) is 0 Å². The third-order valence-electron chi connectivity index (χ3n) is 3.90. The van der Waals surface area contributed by atoms with E-state index in [0.29, 0.717) is 30.8 Å². The first-order chi connectivity index (χ1) is 11.9. The number of anilines is 2. The average molecular weight is 364 g/mol. The lowest BCUT2D eigenvalue weighted by atomic mass is 10.2. The van der Waals surface area contributed by atoms with Gasteiger partial charge in [0.05, 0.1) is 23.4 Å². The zero-order valence-electron chi connectivity index (χ0n) is 13.5. The van der Waals surface area contributed by atoms with Crippen LogP contribution >= 0.6 is 0 Å². The quantitative estimate of drug-likeness (QED) is 0.885. The minimum absolute atomic E-state index is 0.0349. The van der Waals surface area contributed by atoms with Crippen LogP contribution in [0.4, 0.5) is 15.8 Å². The molecule has 1 aliphatic rings. The van der Waals surface area contributed by atoms with Gasteiger partial charge >= 0.3 is 0 Å². The Bertz CT molecular complexity index is 915. The van der Waals surface area contributed by atoms with E-state index in [0.717, 1.165) is 6.07 Å². The van der Waals surface area contributed by atoms with Crippen LogP contribution in [0, 0.1) is 5.82 Å². The van der Waals surface area contributed by atoms with Crippen molar-refractivity contribution in [1.29, 1.82) is 0 Å². The normalized spacial score (nSPS) is 14.6. The van der Waals surface area contributed by atoms with Gasteiger partial charge in [0, 0.05) is 13.0 Å². The first kappa shape index (κ1) is 17.2. The highest BCUT2D eigenvalue weighted by Gasteiger charge is 2.26. The number of sulfonamides is 1. The van der Waals surface area contributed by atoms with Gasteiger partial charge < -0.3 is 9.64 Å². The van der Waals surface area contributed by atoms with E-state index in [9.17, 15) is 17.6 Å². The van der Waals surface area contributed by atoms with Crippen LogP contribution in [0.25, 0.3) is 0 Å². The molecular formula is C17H17FN2O4S. The van der Waals surface area contributed by atoms with Gasteiger partial charge in [0.25, 0.3) is 10.0 Å². The molecule has 1 aliphatic heterocycles. The lowest BCUT2D eigenvalue weighted by Gasteiger charge is -2.20. The van der Waals surface area contributed by atoms with Crippen molar-refractivity contribution in [2.45, 2.75) is 17.7 Å². The second kappa shape index (κ2) is 6.72. The molecule has 1 saturated heterocycles. The summed E-state index contributed by atoms with van der Waals surface area (Å²) < 4.78 is 46.0. The highest BCUT2D eigenvalue weighted by atomic mass is 32.2. The molecule has 8 heteroatoms. The van der Waals surface area contributed by atoms with Crippen molar-refractivity contribution >= 4 is 27.3 Å². The van der Waals surface area contributed by atoms with Crippen molar-refractivity contribution in [1.82, 2.24) is 0 Å². The maximum Gasteiger partial charge on any atom is 0.261 e. The molecule has 0 atom stereocenters. The summed E-state index contributed by atoms with van der Waals surface area (Å²) in [7, 11) is -2.48.